The summed E-state index contributed by atoms with van der Waals surface area (Å²) in [5, 5.41) is 11.7. The van der Waals surface area contributed by atoms with E-state index in [1.165, 1.54) is 15.3 Å². The molecule has 0 radical (unpaired) electrons. The lowest BCUT2D eigenvalue weighted by atomic mass is 10.1. The standard InChI is InChI=1S/C23H29NO3Si/c1-5-18-16-24(22(25)26)17-21(18)27-28(23(2,3)4,19-12-8-6-9-13-19)20-14-10-7-11-15-20/h5-15,18,21H,1,16-17H2,2-4H3,(H,25,26)/t18-,21+/m0/s1. The third-order valence-electron chi connectivity index (χ3n) is 5.63. The van der Waals surface area contributed by atoms with E-state index in [0.717, 1.165) is 0 Å². The average molecular weight is 396 g/mol. The molecule has 0 bridgehead atoms. The lowest BCUT2D eigenvalue weighted by Crippen LogP contribution is -2.68. The van der Waals surface area contributed by atoms with Crippen LogP contribution in [0.3, 0.4) is 0 Å². The molecule has 1 N–H and O–H groups in total. The molecule has 0 aromatic heterocycles. The van der Waals surface area contributed by atoms with Gasteiger partial charge in [0.05, 0.1) is 6.10 Å². The van der Waals surface area contributed by atoms with E-state index < -0.39 is 14.4 Å². The van der Waals surface area contributed by atoms with E-state index in [1.54, 1.807) is 0 Å². The van der Waals surface area contributed by atoms with Crippen LogP contribution in [0.1, 0.15) is 20.8 Å². The van der Waals surface area contributed by atoms with Crippen molar-refractivity contribution in [3.05, 3.63) is 73.3 Å². The van der Waals surface area contributed by atoms with Gasteiger partial charge in [0, 0.05) is 19.0 Å². The van der Waals surface area contributed by atoms with Gasteiger partial charge >= 0.3 is 6.09 Å². The van der Waals surface area contributed by atoms with Crippen molar-refractivity contribution in [3.63, 3.8) is 0 Å². The SMILES string of the molecule is C=C[C@H]1CN(C(=O)O)C[C@H]1O[Si](c1ccccc1)(c1ccccc1)C(C)(C)C. The first-order valence-electron chi connectivity index (χ1n) is 9.69. The van der Waals surface area contributed by atoms with Gasteiger partial charge in [-0.05, 0) is 15.4 Å². The van der Waals surface area contributed by atoms with Gasteiger partial charge in [0.25, 0.3) is 8.32 Å². The van der Waals surface area contributed by atoms with Crippen LogP contribution in [0.15, 0.2) is 73.3 Å². The van der Waals surface area contributed by atoms with E-state index in [1.807, 2.05) is 18.2 Å². The maximum Gasteiger partial charge on any atom is 0.407 e. The molecule has 1 saturated heterocycles. The van der Waals surface area contributed by atoms with E-state index in [0.29, 0.717) is 13.1 Å². The molecule has 1 aliphatic rings. The summed E-state index contributed by atoms with van der Waals surface area (Å²) in [6.45, 7) is 11.4. The quantitative estimate of drug-likeness (QED) is 0.620. The zero-order chi connectivity index (χ0) is 20.4. The summed E-state index contributed by atoms with van der Waals surface area (Å²) in [7, 11) is -2.70. The molecule has 0 aliphatic carbocycles. The number of rotatable bonds is 5. The van der Waals surface area contributed by atoms with E-state index in [4.69, 9.17) is 4.43 Å². The maximum atomic E-state index is 11.6. The smallest absolute Gasteiger partial charge is 0.407 e. The molecule has 4 nitrogen and oxygen atoms in total. The summed E-state index contributed by atoms with van der Waals surface area (Å²) in [4.78, 5) is 13.0. The Morgan fingerprint density at radius 3 is 1.96 bits per heavy atom. The minimum Gasteiger partial charge on any atom is -0.465 e. The highest BCUT2D eigenvalue weighted by Gasteiger charge is 2.53. The molecule has 5 heteroatoms. The first kappa shape index (κ1) is 20.4. The van der Waals surface area contributed by atoms with Crippen LogP contribution in [0.4, 0.5) is 4.79 Å². The molecule has 3 rings (SSSR count). The van der Waals surface area contributed by atoms with Crippen molar-refractivity contribution >= 4 is 24.8 Å². The number of carbonyl (C=O) groups is 1. The van der Waals surface area contributed by atoms with Crippen LogP contribution in [0.25, 0.3) is 0 Å². The molecule has 1 amide bonds. The molecule has 0 spiro atoms. The van der Waals surface area contributed by atoms with Crippen LogP contribution in [0.5, 0.6) is 0 Å². The summed E-state index contributed by atoms with van der Waals surface area (Å²) in [5.74, 6) is -0.0160. The maximum absolute atomic E-state index is 11.6. The van der Waals surface area contributed by atoms with Crippen molar-refractivity contribution in [3.8, 4) is 0 Å². The molecule has 2 aromatic rings. The molecule has 0 unspecified atom stereocenters. The number of nitrogens with zero attached hydrogens (tertiary/aromatic N) is 1. The molecule has 148 valence electrons. The Hall–Kier alpha value is -2.37. The largest absolute Gasteiger partial charge is 0.465 e. The molecule has 1 fully saturated rings. The first-order valence-corrected chi connectivity index (χ1v) is 11.6. The molecule has 1 aliphatic heterocycles. The monoisotopic (exact) mass is 395 g/mol. The van der Waals surface area contributed by atoms with Crippen LogP contribution in [0.2, 0.25) is 5.04 Å². The third-order valence-corrected chi connectivity index (χ3v) is 10.7. The summed E-state index contributed by atoms with van der Waals surface area (Å²) in [6, 6.07) is 20.9. The summed E-state index contributed by atoms with van der Waals surface area (Å²) in [6.07, 6.45) is 0.728. The van der Waals surface area contributed by atoms with E-state index >= 15 is 0 Å². The molecule has 0 saturated carbocycles. The highest BCUT2D eigenvalue weighted by Crippen LogP contribution is 2.39. The van der Waals surface area contributed by atoms with Gasteiger partial charge in [-0.2, -0.15) is 0 Å². The number of hydrogen-bond acceptors (Lipinski definition) is 2. The van der Waals surface area contributed by atoms with Gasteiger partial charge in [-0.15, -0.1) is 6.58 Å². The van der Waals surface area contributed by atoms with Gasteiger partial charge < -0.3 is 14.4 Å². The van der Waals surface area contributed by atoms with Crippen molar-refractivity contribution in [2.45, 2.75) is 31.9 Å². The number of likely N-dealkylation sites (tertiary alicyclic amines) is 1. The lowest BCUT2D eigenvalue weighted by molar-refractivity contribution is 0.142. The van der Waals surface area contributed by atoms with Crippen LogP contribution >= 0.6 is 0 Å². The van der Waals surface area contributed by atoms with E-state index in [9.17, 15) is 9.90 Å². The minimum atomic E-state index is -2.70. The Morgan fingerprint density at radius 2 is 1.57 bits per heavy atom. The van der Waals surface area contributed by atoms with Crippen molar-refractivity contribution in [1.82, 2.24) is 4.90 Å². The van der Waals surface area contributed by atoms with Gasteiger partial charge in [0.1, 0.15) is 0 Å². The number of carboxylic acid groups (broad SMARTS) is 1. The highest BCUT2D eigenvalue weighted by molar-refractivity contribution is 6.99. The Morgan fingerprint density at radius 1 is 1.07 bits per heavy atom. The fourth-order valence-electron chi connectivity index (χ4n) is 4.22. The zero-order valence-electron chi connectivity index (χ0n) is 16.8. The minimum absolute atomic E-state index is 0.0160. The summed E-state index contributed by atoms with van der Waals surface area (Å²) >= 11 is 0. The van der Waals surface area contributed by atoms with Crippen LogP contribution in [0, 0.1) is 5.92 Å². The normalized spacial score (nSPS) is 20.2. The Balaban J connectivity index is 2.14. The predicted molar refractivity (Wildman–Crippen MR) is 116 cm³/mol. The highest BCUT2D eigenvalue weighted by atomic mass is 28.4. The van der Waals surface area contributed by atoms with Gasteiger partial charge in [-0.3, -0.25) is 0 Å². The second-order valence-corrected chi connectivity index (χ2v) is 12.7. The fraction of sp³-hybridized carbons (Fsp3) is 0.348. The van der Waals surface area contributed by atoms with Crippen molar-refractivity contribution in [2.24, 2.45) is 5.92 Å². The molecular formula is C23H29NO3Si. The van der Waals surface area contributed by atoms with Crippen molar-refractivity contribution in [1.29, 1.82) is 0 Å². The zero-order valence-corrected chi connectivity index (χ0v) is 17.8. The van der Waals surface area contributed by atoms with Crippen LogP contribution in [-0.2, 0) is 4.43 Å². The van der Waals surface area contributed by atoms with Crippen molar-refractivity contribution in [2.75, 3.05) is 13.1 Å². The van der Waals surface area contributed by atoms with Gasteiger partial charge in [-0.25, -0.2) is 4.79 Å². The third kappa shape index (κ3) is 3.64. The first-order chi connectivity index (χ1) is 13.3. The van der Waals surface area contributed by atoms with Crippen LogP contribution in [-0.4, -0.2) is 43.6 Å². The average Bonchev–Trinajstić information content (AvgIpc) is 3.09. The number of hydrogen-bond donors (Lipinski definition) is 1. The number of benzene rings is 2. The molecule has 2 aromatic carbocycles. The van der Waals surface area contributed by atoms with E-state index in [-0.39, 0.29) is 17.1 Å². The van der Waals surface area contributed by atoms with E-state index in [2.05, 4.69) is 75.9 Å². The molecular weight excluding hydrogens is 366 g/mol. The van der Waals surface area contributed by atoms with Gasteiger partial charge in [0.2, 0.25) is 0 Å². The molecule has 1 heterocycles. The van der Waals surface area contributed by atoms with Crippen LogP contribution < -0.4 is 10.4 Å². The molecule has 2 atom stereocenters. The van der Waals surface area contributed by atoms with Gasteiger partial charge in [0.15, 0.2) is 0 Å². The van der Waals surface area contributed by atoms with Gasteiger partial charge in [-0.1, -0.05) is 87.5 Å². The summed E-state index contributed by atoms with van der Waals surface area (Å²) < 4.78 is 7.08. The predicted octanol–water partition coefficient (Wildman–Crippen LogP) is 3.73. The Kier molecular flexibility index (Phi) is 5.77. The second kappa shape index (κ2) is 7.93. The summed E-state index contributed by atoms with van der Waals surface area (Å²) in [5.41, 5.74) is 0. The number of amides is 1. The van der Waals surface area contributed by atoms with Crippen molar-refractivity contribution < 1.29 is 14.3 Å². The Labute approximate surface area is 168 Å². The molecule has 28 heavy (non-hydrogen) atoms. The Bertz CT molecular complexity index is 777. The lowest BCUT2D eigenvalue weighted by Gasteiger charge is -2.45. The topological polar surface area (TPSA) is 49.8 Å². The second-order valence-electron chi connectivity index (χ2n) is 8.41. The fourth-order valence-corrected chi connectivity index (χ4v) is 8.94.